The maximum Gasteiger partial charge on any atom is 0.155 e. The van der Waals surface area contributed by atoms with E-state index in [4.69, 9.17) is 10.1 Å². The summed E-state index contributed by atoms with van der Waals surface area (Å²) in [5, 5.41) is 12.1. The topological polar surface area (TPSA) is 55.1 Å². The van der Waals surface area contributed by atoms with Gasteiger partial charge in [0.2, 0.25) is 0 Å². The molecule has 171 valence electrons. The van der Waals surface area contributed by atoms with E-state index in [1.54, 1.807) is 0 Å². The monoisotopic (exact) mass is 624 g/mol. The van der Waals surface area contributed by atoms with E-state index in [9.17, 15) is 4.79 Å². The largest absolute Gasteiger partial charge is 0.512 e. The van der Waals surface area contributed by atoms with Gasteiger partial charge < -0.3 is 9.67 Å². The van der Waals surface area contributed by atoms with Crippen LogP contribution in [0.2, 0.25) is 0 Å². The van der Waals surface area contributed by atoms with Crippen LogP contribution in [0.4, 0.5) is 0 Å². The number of hydrogen-bond donors (Lipinski definition) is 1. The third-order valence-corrected chi connectivity index (χ3v) is 5.87. The molecule has 0 amide bonds. The maximum absolute atomic E-state index is 10.0. The van der Waals surface area contributed by atoms with Gasteiger partial charge in [0.15, 0.2) is 5.78 Å². The molecule has 0 saturated carbocycles. The Hall–Kier alpha value is -3.53. The first kappa shape index (κ1) is 23.6. The second kappa shape index (κ2) is 9.38. The molecule has 6 rings (SSSR count). The Labute approximate surface area is 211 Å². The zero-order valence-corrected chi connectivity index (χ0v) is 21.5. The quantitative estimate of drug-likeness (QED) is 0.130. The number of nitrogens with zero attached hydrogens (tertiary/aromatic N) is 2. The van der Waals surface area contributed by atoms with Crippen molar-refractivity contribution in [3.63, 3.8) is 0 Å². The number of rotatable bonds is 2. The molecule has 0 saturated heterocycles. The molecule has 1 radical (unpaired) electrons. The molecule has 0 spiro atoms. The Morgan fingerprint density at radius 3 is 2.50 bits per heavy atom. The van der Waals surface area contributed by atoms with Crippen LogP contribution in [-0.4, -0.2) is 20.4 Å². The fourth-order valence-corrected chi connectivity index (χ4v) is 4.58. The van der Waals surface area contributed by atoms with Gasteiger partial charge >= 0.3 is 0 Å². The number of pyridine rings is 1. The Morgan fingerprint density at radius 2 is 1.76 bits per heavy atom. The van der Waals surface area contributed by atoms with E-state index < -0.39 is 0 Å². The number of aryl methyl sites for hydroxylation is 1. The first-order valence-corrected chi connectivity index (χ1v) is 10.8. The van der Waals surface area contributed by atoms with Gasteiger partial charge in [-0.3, -0.25) is 9.78 Å². The standard InChI is InChI=1S/C24H15N2.C5H8O2.Ir/c1-26-22-11-3-2-7-17(22)18-8-5-9-19(24(18)26)21-14-16-13-12-15-6-4-10-20(25-21)23(15)16;1-4(6)3-5(2)7;/h2-8,10-14H,1H3;3,6H,1-2H3;/q-1;;. The molecule has 4 nitrogen and oxygen atoms in total. The number of carbonyl (C=O) groups is 1. The summed E-state index contributed by atoms with van der Waals surface area (Å²) < 4.78 is 2.26. The zero-order chi connectivity index (χ0) is 23.1. The van der Waals surface area contributed by atoms with Crippen LogP contribution in [0, 0.1) is 6.07 Å². The van der Waals surface area contributed by atoms with Crippen molar-refractivity contribution in [2.75, 3.05) is 0 Å². The van der Waals surface area contributed by atoms with Crippen LogP contribution >= 0.6 is 0 Å². The van der Waals surface area contributed by atoms with E-state index in [2.05, 4.69) is 84.4 Å². The normalized spacial score (nSPS) is 12.0. The molecule has 34 heavy (non-hydrogen) atoms. The van der Waals surface area contributed by atoms with Gasteiger partial charge in [-0.05, 0) is 53.7 Å². The fourth-order valence-electron chi connectivity index (χ4n) is 4.58. The van der Waals surface area contributed by atoms with Crippen LogP contribution in [-0.2, 0) is 31.9 Å². The van der Waals surface area contributed by atoms with Crippen LogP contribution < -0.4 is 0 Å². The molecule has 1 aliphatic rings. The number of hydrogen-bond acceptors (Lipinski definition) is 3. The minimum Gasteiger partial charge on any atom is -0.512 e. The van der Waals surface area contributed by atoms with Crippen molar-refractivity contribution >= 4 is 50.6 Å². The van der Waals surface area contributed by atoms with Gasteiger partial charge in [0.1, 0.15) is 0 Å². The van der Waals surface area contributed by atoms with Crippen molar-refractivity contribution in [1.82, 2.24) is 9.55 Å². The van der Waals surface area contributed by atoms with Crippen LogP contribution in [0.3, 0.4) is 0 Å². The first-order chi connectivity index (χ1) is 15.9. The summed E-state index contributed by atoms with van der Waals surface area (Å²) in [6.45, 7) is 2.85. The third kappa shape index (κ3) is 4.09. The summed E-state index contributed by atoms with van der Waals surface area (Å²) in [7, 11) is 2.13. The minimum absolute atomic E-state index is 0. The number of aliphatic hydroxyl groups is 1. The Balaban J connectivity index is 0.000000303. The molecule has 0 fully saturated rings. The summed E-state index contributed by atoms with van der Waals surface area (Å²) in [4.78, 5) is 15.0. The van der Waals surface area contributed by atoms with E-state index >= 15 is 0 Å². The second-order valence-electron chi connectivity index (χ2n) is 8.26. The smallest absolute Gasteiger partial charge is 0.155 e. The van der Waals surface area contributed by atoms with Crippen LogP contribution in [0.1, 0.15) is 25.0 Å². The number of allylic oxidation sites excluding steroid dienone is 2. The summed E-state index contributed by atoms with van der Waals surface area (Å²) in [5.74, 6) is -0.0625. The van der Waals surface area contributed by atoms with E-state index in [1.807, 2.05) is 6.07 Å². The molecule has 0 bridgehead atoms. The number of para-hydroxylation sites is 1. The van der Waals surface area contributed by atoms with Crippen molar-refractivity contribution in [2.45, 2.75) is 13.8 Å². The van der Waals surface area contributed by atoms with Gasteiger partial charge in [-0.2, -0.15) is 0 Å². The molecule has 0 unspecified atom stereocenters. The third-order valence-electron chi connectivity index (χ3n) is 5.87. The molecule has 0 atom stereocenters. The molecule has 1 aliphatic carbocycles. The van der Waals surface area contributed by atoms with Gasteiger partial charge in [-0.25, -0.2) is 0 Å². The van der Waals surface area contributed by atoms with Gasteiger partial charge in [-0.15, -0.1) is 23.8 Å². The number of fused-ring (bicyclic) bond motifs is 3. The van der Waals surface area contributed by atoms with Crippen molar-refractivity contribution < 1.29 is 30.0 Å². The number of aromatic nitrogens is 2. The minimum atomic E-state index is -0.125. The van der Waals surface area contributed by atoms with E-state index in [1.165, 1.54) is 58.2 Å². The van der Waals surface area contributed by atoms with Crippen molar-refractivity contribution in [3.05, 3.63) is 89.7 Å². The predicted molar refractivity (Wildman–Crippen MR) is 136 cm³/mol. The average molecular weight is 624 g/mol. The molecule has 0 aliphatic heterocycles. The molecule has 3 aromatic carbocycles. The SMILES string of the molecule is CC(=O)C=C(C)O.Cn1c2ccccc2c2cc[c-]c(-c3cc4c5c(cccc5n3)C=C4)c21.[Ir]. The maximum atomic E-state index is 10.0. The Kier molecular flexibility index (Phi) is 6.51. The summed E-state index contributed by atoms with van der Waals surface area (Å²) in [6, 6.07) is 24.7. The van der Waals surface area contributed by atoms with Crippen molar-refractivity contribution in [3.8, 4) is 11.3 Å². The van der Waals surface area contributed by atoms with E-state index in [0.29, 0.717) is 0 Å². The summed E-state index contributed by atoms with van der Waals surface area (Å²) in [6.07, 6.45) is 5.52. The Bertz CT molecular complexity index is 1620. The summed E-state index contributed by atoms with van der Waals surface area (Å²) in [5.41, 5.74) is 8.00. The molecule has 1 N–H and O–H groups in total. The zero-order valence-electron chi connectivity index (χ0n) is 19.1. The van der Waals surface area contributed by atoms with Gasteiger partial charge in [0, 0.05) is 44.1 Å². The fraction of sp³-hybridized carbons (Fsp3) is 0.103. The number of ketones is 1. The van der Waals surface area contributed by atoms with Crippen LogP contribution in [0.5, 0.6) is 0 Å². The van der Waals surface area contributed by atoms with Gasteiger partial charge in [0.25, 0.3) is 0 Å². The molecule has 2 heterocycles. The van der Waals surface area contributed by atoms with E-state index in [0.717, 1.165) is 16.8 Å². The first-order valence-electron chi connectivity index (χ1n) is 10.8. The molecular weight excluding hydrogens is 601 g/mol. The van der Waals surface area contributed by atoms with Crippen molar-refractivity contribution in [1.29, 1.82) is 0 Å². The second-order valence-corrected chi connectivity index (χ2v) is 8.26. The molecule has 2 aromatic heterocycles. The molecule has 5 aromatic rings. The van der Waals surface area contributed by atoms with Crippen LogP contribution in [0.15, 0.2) is 72.5 Å². The van der Waals surface area contributed by atoms with Gasteiger partial charge in [0.05, 0.1) is 11.3 Å². The summed E-state index contributed by atoms with van der Waals surface area (Å²) >= 11 is 0. The molecule has 5 heteroatoms. The number of carbonyl (C=O) groups excluding carboxylic acids is 1. The molecular formula is C29H23IrN2O2-. The number of aliphatic hydroxyl groups excluding tert-OH is 1. The number of benzene rings is 3. The van der Waals surface area contributed by atoms with Crippen LogP contribution in [0.25, 0.3) is 56.1 Å². The van der Waals surface area contributed by atoms with E-state index in [-0.39, 0.29) is 31.6 Å². The van der Waals surface area contributed by atoms with Gasteiger partial charge in [-0.1, -0.05) is 53.9 Å². The van der Waals surface area contributed by atoms with Crippen molar-refractivity contribution in [2.24, 2.45) is 7.05 Å². The predicted octanol–water partition coefficient (Wildman–Crippen LogP) is 6.87. The average Bonchev–Trinajstić information content (AvgIpc) is 3.34. The Morgan fingerprint density at radius 1 is 1.00 bits per heavy atom.